The van der Waals surface area contributed by atoms with Gasteiger partial charge in [-0.1, -0.05) is 26.0 Å². The highest BCUT2D eigenvalue weighted by Gasteiger charge is 2.75. The first-order valence-corrected chi connectivity index (χ1v) is 11.0. The van der Waals surface area contributed by atoms with Crippen molar-refractivity contribution >= 4 is 29.4 Å². The third-order valence-electron chi connectivity index (χ3n) is 5.21. The van der Waals surface area contributed by atoms with Gasteiger partial charge in [-0.2, -0.15) is 43.9 Å². The first-order valence-electron chi connectivity index (χ1n) is 10.2. The zero-order chi connectivity index (χ0) is 29.6. The number of aliphatic hydroxyl groups is 1. The Kier molecular flexibility index (Phi) is 9.14. The van der Waals surface area contributed by atoms with Gasteiger partial charge < -0.3 is 14.6 Å². The van der Waals surface area contributed by atoms with E-state index in [2.05, 4.69) is 21.1 Å². The SMILES string of the molecule is CCC(C)c1cc(C(O)(C(F)(F)F)C(F)(F)Cl)cc(C(OC(=O)OC(C)(C)C)(C(F)(F)F)C(F)(F)Cl)c1. The van der Waals surface area contributed by atoms with Gasteiger partial charge in [0, 0.05) is 11.1 Å². The highest BCUT2D eigenvalue weighted by atomic mass is 35.5. The maximum atomic E-state index is 14.6. The Balaban J connectivity index is 4.28. The highest BCUT2D eigenvalue weighted by molar-refractivity contribution is 6.23. The summed E-state index contributed by atoms with van der Waals surface area (Å²) in [6.07, 6.45) is -15.1. The molecule has 0 aliphatic rings. The maximum absolute atomic E-state index is 14.6. The van der Waals surface area contributed by atoms with Crippen LogP contribution in [0, 0.1) is 0 Å². The Labute approximate surface area is 214 Å². The summed E-state index contributed by atoms with van der Waals surface area (Å²) in [5, 5.41) is -1.23. The second kappa shape index (κ2) is 10.1. The number of alkyl halides is 12. The minimum absolute atomic E-state index is 0.0478. The Morgan fingerprint density at radius 3 is 1.62 bits per heavy atom. The number of halogens is 12. The zero-order valence-corrected chi connectivity index (χ0v) is 21.2. The van der Waals surface area contributed by atoms with Gasteiger partial charge in [0.1, 0.15) is 5.60 Å². The van der Waals surface area contributed by atoms with Gasteiger partial charge in [-0.05, 0) is 67.9 Å². The molecule has 1 aromatic rings. The number of ether oxygens (including phenoxy) is 2. The molecule has 1 N–H and O–H groups in total. The molecule has 16 heteroatoms. The van der Waals surface area contributed by atoms with E-state index in [1.165, 1.54) is 13.8 Å². The molecule has 3 atom stereocenters. The van der Waals surface area contributed by atoms with Crippen LogP contribution in [0.5, 0.6) is 0 Å². The standard InChI is InChI=1S/C21H22Cl2F10O4/c1-6-10(2)11-7-12(16(35,18(22,24)25)20(28,29)30)9-13(8-11)17(19(23,26)27,21(31,32)33)37-14(34)36-15(3,4)5/h7-10,35H,6H2,1-5H3. The van der Waals surface area contributed by atoms with Crippen LogP contribution in [-0.2, 0) is 20.7 Å². The quantitative estimate of drug-likeness (QED) is 0.195. The first-order chi connectivity index (χ1) is 16.2. The minimum Gasteiger partial charge on any atom is -0.429 e. The van der Waals surface area contributed by atoms with Gasteiger partial charge in [-0.25, -0.2) is 4.79 Å². The van der Waals surface area contributed by atoms with E-state index in [1.54, 1.807) is 0 Å². The summed E-state index contributed by atoms with van der Waals surface area (Å²) in [5.74, 6) is -1.04. The van der Waals surface area contributed by atoms with Crippen LogP contribution in [0.4, 0.5) is 48.7 Å². The van der Waals surface area contributed by atoms with Crippen molar-refractivity contribution < 1.29 is 63.3 Å². The Morgan fingerprint density at radius 1 is 0.838 bits per heavy atom. The Hall–Kier alpha value is -1.67. The molecule has 0 aliphatic heterocycles. The van der Waals surface area contributed by atoms with Crippen LogP contribution in [0.2, 0.25) is 0 Å². The molecule has 4 nitrogen and oxygen atoms in total. The van der Waals surface area contributed by atoms with Gasteiger partial charge in [-0.15, -0.1) is 0 Å². The summed E-state index contributed by atoms with van der Waals surface area (Å²) in [6, 6.07) is -0.0127. The van der Waals surface area contributed by atoms with Gasteiger partial charge >= 0.3 is 34.9 Å². The molecule has 37 heavy (non-hydrogen) atoms. The Bertz CT molecular complexity index is 948. The van der Waals surface area contributed by atoms with E-state index in [0.717, 1.165) is 20.8 Å². The van der Waals surface area contributed by atoms with Crippen LogP contribution in [0.15, 0.2) is 18.2 Å². The molecule has 0 aliphatic carbocycles. The number of hydrogen-bond donors (Lipinski definition) is 1. The molecule has 1 aromatic carbocycles. The maximum Gasteiger partial charge on any atom is 0.510 e. The summed E-state index contributed by atoms with van der Waals surface area (Å²) in [4.78, 5) is 12.1. The molecule has 0 fully saturated rings. The van der Waals surface area contributed by atoms with Crippen molar-refractivity contribution in [1.29, 1.82) is 0 Å². The van der Waals surface area contributed by atoms with Gasteiger partial charge in [0.2, 0.25) is 0 Å². The summed E-state index contributed by atoms with van der Waals surface area (Å²) < 4.78 is 149. The van der Waals surface area contributed by atoms with Gasteiger partial charge in [0.15, 0.2) is 0 Å². The van der Waals surface area contributed by atoms with Crippen LogP contribution in [0.25, 0.3) is 0 Å². The molecule has 0 radical (unpaired) electrons. The molecule has 0 saturated carbocycles. The lowest BCUT2D eigenvalue weighted by Crippen LogP contribution is -2.57. The van der Waals surface area contributed by atoms with Crippen LogP contribution in [0.1, 0.15) is 63.6 Å². The number of benzene rings is 1. The molecule has 1 rings (SSSR count). The molecular weight excluding hydrogens is 577 g/mol. The predicted octanol–water partition coefficient (Wildman–Crippen LogP) is 8.32. The molecular formula is C21H22Cl2F10O4. The van der Waals surface area contributed by atoms with E-state index in [9.17, 15) is 53.8 Å². The number of carbonyl (C=O) groups is 1. The van der Waals surface area contributed by atoms with Crippen molar-refractivity contribution in [3.8, 4) is 0 Å². The van der Waals surface area contributed by atoms with E-state index < -0.39 is 74.7 Å². The van der Waals surface area contributed by atoms with E-state index >= 15 is 0 Å². The second-order valence-corrected chi connectivity index (χ2v) is 10.1. The summed E-state index contributed by atoms with van der Waals surface area (Å²) in [6.45, 7) is 5.95. The van der Waals surface area contributed by atoms with Crippen molar-refractivity contribution in [2.24, 2.45) is 0 Å². The smallest absolute Gasteiger partial charge is 0.429 e. The van der Waals surface area contributed by atoms with Gasteiger partial charge in [0.25, 0.3) is 5.60 Å². The fourth-order valence-corrected chi connectivity index (χ4v) is 3.60. The van der Waals surface area contributed by atoms with Crippen molar-refractivity contribution in [2.45, 2.75) is 86.9 Å². The third kappa shape index (κ3) is 6.49. The normalized spacial score (nSPS) is 18.0. The van der Waals surface area contributed by atoms with Crippen LogP contribution in [0.3, 0.4) is 0 Å². The summed E-state index contributed by atoms with van der Waals surface area (Å²) >= 11 is 9.28. The van der Waals surface area contributed by atoms with Gasteiger partial charge in [-0.3, -0.25) is 0 Å². The lowest BCUT2D eigenvalue weighted by Gasteiger charge is -2.40. The van der Waals surface area contributed by atoms with Crippen LogP contribution >= 0.6 is 23.2 Å². The predicted molar refractivity (Wildman–Crippen MR) is 112 cm³/mol. The molecule has 0 spiro atoms. The molecule has 0 aromatic heterocycles. The second-order valence-electron chi connectivity index (χ2n) is 9.10. The van der Waals surface area contributed by atoms with E-state index in [0.29, 0.717) is 0 Å². The largest absolute Gasteiger partial charge is 0.510 e. The third-order valence-corrected chi connectivity index (χ3v) is 5.75. The fourth-order valence-electron chi connectivity index (χ4n) is 3.13. The van der Waals surface area contributed by atoms with Crippen LogP contribution in [-0.4, -0.2) is 40.0 Å². The topological polar surface area (TPSA) is 55.8 Å². The van der Waals surface area contributed by atoms with Crippen LogP contribution < -0.4 is 0 Å². The summed E-state index contributed by atoms with van der Waals surface area (Å²) in [5.41, 5.74) is -16.9. The molecule has 0 saturated heterocycles. The lowest BCUT2D eigenvalue weighted by molar-refractivity contribution is -0.322. The van der Waals surface area contributed by atoms with Crippen molar-refractivity contribution in [3.63, 3.8) is 0 Å². The van der Waals surface area contributed by atoms with Crippen molar-refractivity contribution in [3.05, 3.63) is 34.9 Å². The molecule has 3 unspecified atom stereocenters. The van der Waals surface area contributed by atoms with Crippen molar-refractivity contribution in [2.75, 3.05) is 0 Å². The summed E-state index contributed by atoms with van der Waals surface area (Å²) in [7, 11) is 0. The molecule has 214 valence electrons. The zero-order valence-electron chi connectivity index (χ0n) is 19.7. The van der Waals surface area contributed by atoms with E-state index in [4.69, 9.17) is 11.6 Å². The number of carbonyl (C=O) groups excluding carboxylic acids is 1. The molecule has 0 heterocycles. The number of rotatable bonds is 7. The monoisotopic (exact) mass is 598 g/mol. The fraction of sp³-hybridized carbons (Fsp3) is 0.667. The Morgan fingerprint density at radius 2 is 1.30 bits per heavy atom. The molecule has 0 bridgehead atoms. The average Bonchev–Trinajstić information content (AvgIpc) is 2.65. The lowest BCUT2D eigenvalue weighted by atomic mass is 9.82. The van der Waals surface area contributed by atoms with Gasteiger partial charge in [0.05, 0.1) is 0 Å². The molecule has 0 amide bonds. The average molecular weight is 599 g/mol. The minimum atomic E-state index is -6.37. The number of hydrogen-bond acceptors (Lipinski definition) is 4. The first kappa shape index (κ1) is 33.4. The highest BCUT2D eigenvalue weighted by Crippen LogP contribution is 2.57. The van der Waals surface area contributed by atoms with E-state index in [-0.39, 0.29) is 18.6 Å². The van der Waals surface area contributed by atoms with Crippen molar-refractivity contribution in [1.82, 2.24) is 0 Å². The van der Waals surface area contributed by atoms with E-state index in [1.807, 2.05) is 0 Å².